The van der Waals surface area contributed by atoms with Gasteiger partial charge in [-0.05, 0) is 48.0 Å². The zero-order valence-corrected chi connectivity index (χ0v) is 14.4. The molecule has 0 radical (unpaired) electrons. The van der Waals surface area contributed by atoms with Crippen molar-refractivity contribution in [3.05, 3.63) is 83.1 Å². The van der Waals surface area contributed by atoms with Gasteiger partial charge in [0.15, 0.2) is 5.58 Å². The highest BCUT2D eigenvalue weighted by Gasteiger charge is 2.12. The van der Waals surface area contributed by atoms with Crippen LogP contribution in [0.15, 0.2) is 71.4 Å². The van der Waals surface area contributed by atoms with Crippen LogP contribution in [-0.2, 0) is 6.54 Å². The molecule has 0 unspecified atom stereocenters. The Hall–Kier alpha value is -3.18. The van der Waals surface area contributed by atoms with Crippen LogP contribution >= 0.6 is 11.6 Å². The van der Waals surface area contributed by atoms with Gasteiger partial charge in [0.05, 0.1) is 0 Å². The van der Waals surface area contributed by atoms with Gasteiger partial charge in [0.25, 0.3) is 5.91 Å². The van der Waals surface area contributed by atoms with Crippen molar-refractivity contribution >= 4 is 28.6 Å². The SMILES string of the molecule is O=C(NCc1cccc(Cl)c1)c1ccc2nc(-c3ccncc3)oc2c1. The molecule has 26 heavy (non-hydrogen) atoms. The van der Waals surface area contributed by atoms with Crippen molar-refractivity contribution < 1.29 is 9.21 Å². The molecule has 2 aromatic carbocycles. The van der Waals surface area contributed by atoms with E-state index in [2.05, 4.69) is 15.3 Å². The van der Waals surface area contributed by atoms with Crippen LogP contribution in [0.25, 0.3) is 22.6 Å². The van der Waals surface area contributed by atoms with Crippen LogP contribution < -0.4 is 5.32 Å². The Kier molecular flexibility index (Phi) is 4.37. The monoisotopic (exact) mass is 363 g/mol. The molecule has 0 bridgehead atoms. The summed E-state index contributed by atoms with van der Waals surface area (Å²) in [7, 11) is 0. The molecule has 0 fully saturated rings. The van der Waals surface area contributed by atoms with E-state index in [1.165, 1.54) is 0 Å². The van der Waals surface area contributed by atoms with Crippen LogP contribution in [0.1, 0.15) is 15.9 Å². The Balaban J connectivity index is 1.54. The summed E-state index contributed by atoms with van der Waals surface area (Å²) >= 11 is 5.96. The number of nitrogens with zero attached hydrogens (tertiary/aromatic N) is 2. The zero-order chi connectivity index (χ0) is 17.9. The van der Waals surface area contributed by atoms with E-state index in [4.69, 9.17) is 16.0 Å². The molecule has 1 amide bonds. The first-order chi connectivity index (χ1) is 12.7. The van der Waals surface area contributed by atoms with Crippen molar-refractivity contribution in [3.8, 4) is 11.5 Å². The molecule has 0 saturated carbocycles. The van der Waals surface area contributed by atoms with Crippen molar-refractivity contribution in [2.45, 2.75) is 6.54 Å². The molecular weight excluding hydrogens is 350 g/mol. The number of hydrogen-bond donors (Lipinski definition) is 1. The number of nitrogens with one attached hydrogen (secondary N) is 1. The third-order valence-electron chi connectivity index (χ3n) is 3.92. The fourth-order valence-corrected chi connectivity index (χ4v) is 2.83. The number of fused-ring (bicyclic) bond motifs is 1. The summed E-state index contributed by atoms with van der Waals surface area (Å²) in [4.78, 5) is 20.8. The van der Waals surface area contributed by atoms with Crippen LogP contribution in [0.2, 0.25) is 5.02 Å². The van der Waals surface area contributed by atoms with Gasteiger partial charge in [-0.15, -0.1) is 0 Å². The van der Waals surface area contributed by atoms with E-state index in [1.807, 2.05) is 30.3 Å². The highest BCUT2D eigenvalue weighted by Crippen LogP contribution is 2.24. The molecule has 5 nitrogen and oxygen atoms in total. The van der Waals surface area contributed by atoms with Crippen LogP contribution in [-0.4, -0.2) is 15.9 Å². The van der Waals surface area contributed by atoms with E-state index < -0.39 is 0 Å². The van der Waals surface area contributed by atoms with E-state index in [1.54, 1.807) is 36.7 Å². The van der Waals surface area contributed by atoms with Gasteiger partial charge in [0.2, 0.25) is 5.89 Å². The van der Waals surface area contributed by atoms with E-state index in [-0.39, 0.29) is 5.91 Å². The summed E-state index contributed by atoms with van der Waals surface area (Å²) in [5, 5.41) is 3.52. The first-order valence-corrected chi connectivity index (χ1v) is 8.40. The van der Waals surface area contributed by atoms with Gasteiger partial charge in [0.1, 0.15) is 5.52 Å². The van der Waals surface area contributed by atoms with Crippen LogP contribution in [0, 0.1) is 0 Å². The minimum absolute atomic E-state index is 0.186. The number of aromatic nitrogens is 2. The lowest BCUT2D eigenvalue weighted by Gasteiger charge is -2.05. The van der Waals surface area contributed by atoms with Crippen molar-refractivity contribution in [3.63, 3.8) is 0 Å². The van der Waals surface area contributed by atoms with Gasteiger partial charge in [-0.25, -0.2) is 4.98 Å². The molecule has 2 aromatic heterocycles. The summed E-state index contributed by atoms with van der Waals surface area (Å²) < 4.78 is 5.79. The topological polar surface area (TPSA) is 68.0 Å². The Bertz CT molecular complexity index is 1080. The van der Waals surface area contributed by atoms with Gasteiger partial charge in [-0.3, -0.25) is 9.78 Å². The Morgan fingerprint density at radius 2 is 1.92 bits per heavy atom. The second kappa shape index (κ2) is 6.98. The third kappa shape index (κ3) is 3.43. The lowest BCUT2D eigenvalue weighted by Crippen LogP contribution is -2.22. The summed E-state index contributed by atoms with van der Waals surface area (Å²) in [5.74, 6) is 0.313. The summed E-state index contributed by atoms with van der Waals surface area (Å²) in [6, 6.07) is 16.2. The minimum atomic E-state index is -0.186. The fourth-order valence-electron chi connectivity index (χ4n) is 2.62. The maximum Gasteiger partial charge on any atom is 0.251 e. The lowest BCUT2D eigenvalue weighted by molar-refractivity contribution is 0.0951. The number of benzene rings is 2. The van der Waals surface area contributed by atoms with E-state index in [0.717, 1.165) is 11.1 Å². The molecule has 2 heterocycles. The highest BCUT2D eigenvalue weighted by atomic mass is 35.5. The van der Waals surface area contributed by atoms with Gasteiger partial charge in [-0.2, -0.15) is 0 Å². The van der Waals surface area contributed by atoms with Gasteiger partial charge in [-0.1, -0.05) is 23.7 Å². The first kappa shape index (κ1) is 16.3. The number of halogens is 1. The third-order valence-corrected chi connectivity index (χ3v) is 4.16. The second-order valence-corrected chi connectivity index (χ2v) is 6.19. The van der Waals surface area contributed by atoms with Crippen LogP contribution in [0.4, 0.5) is 0 Å². The molecular formula is C20H14ClN3O2. The molecule has 0 atom stereocenters. The van der Waals surface area contributed by atoms with Crippen LogP contribution in [0.3, 0.4) is 0 Å². The van der Waals surface area contributed by atoms with E-state index in [9.17, 15) is 4.79 Å². The van der Waals surface area contributed by atoms with Gasteiger partial charge < -0.3 is 9.73 Å². The van der Waals surface area contributed by atoms with Gasteiger partial charge >= 0.3 is 0 Å². The predicted molar refractivity (Wildman–Crippen MR) is 99.9 cm³/mol. The lowest BCUT2D eigenvalue weighted by atomic mass is 10.2. The van der Waals surface area contributed by atoms with Crippen molar-refractivity contribution in [1.82, 2.24) is 15.3 Å². The molecule has 0 aliphatic heterocycles. The normalized spacial score (nSPS) is 10.8. The van der Waals surface area contributed by atoms with Crippen LogP contribution in [0.5, 0.6) is 0 Å². The molecule has 6 heteroatoms. The summed E-state index contributed by atoms with van der Waals surface area (Å²) in [6.45, 7) is 0.399. The number of amides is 1. The molecule has 0 saturated heterocycles. The van der Waals surface area contributed by atoms with Gasteiger partial charge in [0, 0.05) is 35.1 Å². The Labute approximate surface area is 154 Å². The Morgan fingerprint density at radius 1 is 1.08 bits per heavy atom. The number of hydrogen-bond acceptors (Lipinski definition) is 4. The molecule has 4 rings (SSSR count). The highest BCUT2D eigenvalue weighted by molar-refractivity contribution is 6.30. The molecule has 1 N–H and O–H groups in total. The van der Waals surface area contributed by atoms with Crippen molar-refractivity contribution in [1.29, 1.82) is 0 Å². The molecule has 4 aromatic rings. The Morgan fingerprint density at radius 3 is 2.73 bits per heavy atom. The number of carbonyl (C=O) groups is 1. The van der Waals surface area contributed by atoms with E-state index >= 15 is 0 Å². The zero-order valence-electron chi connectivity index (χ0n) is 13.6. The average Bonchev–Trinajstić information content (AvgIpc) is 3.10. The molecule has 0 spiro atoms. The maximum absolute atomic E-state index is 12.4. The maximum atomic E-state index is 12.4. The van der Waals surface area contributed by atoms with E-state index in [0.29, 0.717) is 34.1 Å². The average molecular weight is 364 g/mol. The largest absolute Gasteiger partial charge is 0.436 e. The molecule has 0 aliphatic rings. The summed E-state index contributed by atoms with van der Waals surface area (Å²) in [5.41, 5.74) is 3.54. The predicted octanol–water partition coefficient (Wildman–Crippen LogP) is 4.47. The first-order valence-electron chi connectivity index (χ1n) is 8.03. The number of rotatable bonds is 4. The number of carbonyl (C=O) groups excluding carboxylic acids is 1. The fraction of sp³-hybridized carbons (Fsp3) is 0.0500. The smallest absolute Gasteiger partial charge is 0.251 e. The number of oxazole rings is 1. The quantitative estimate of drug-likeness (QED) is 0.580. The standard InChI is InChI=1S/C20H14ClN3O2/c21-16-3-1-2-13(10-16)12-23-19(25)15-4-5-17-18(11-15)26-20(24-17)14-6-8-22-9-7-14/h1-11H,12H2,(H,23,25). The summed E-state index contributed by atoms with van der Waals surface area (Å²) in [6.07, 6.45) is 3.36. The molecule has 128 valence electrons. The van der Waals surface area contributed by atoms with Crippen molar-refractivity contribution in [2.24, 2.45) is 0 Å². The number of pyridine rings is 1. The minimum Gasteiger partial charge on any atom is -0.436 e. The van der Waals surface area contributed by atoms with Crippen molar-refractivity contribution in [2.75, 3.05) is 0 Å². The molecule has 0 aliphatic carbocycles. The second-order valence-electron chi connectivity index (χ2n) is 5.75.